The number of hydrogen-bond donors (Lipinski definition) is 0. The van der Waals surface area contributed by atoms with Crippen LogP contribution in [0.2, 0.25) is 0 Å². The Bertz CT molecular complexity index is 418. The molecule has 2 rings (SSSR count). The first-order chi connectivity index (χ1) is 8.10. The molecule has 0 heterocycles. The molecular formula is C16H22O. The molecule has 1 aromatic rings. The smallest absolute Gasteiger partial charge is 0.0992 e. The molecular weight excluding hydrogens is 208 g/mol. The van der Waals surface area contributed by atoms with Crippen molar-refractivity contribution in [2.75, 3.05) is 7.11 Å². The summed E-state index contributed by atoms with van der Waals surface area (Å²) in [5.74, 6) is 0.526. The van der Waals surface area contributed by atoms with Crippen LogP contribution in [0.5, 0.6) is 0 Å². The third kappa shape index (κ3) is 2.04. The lowest BCUT2D eigenvalue weighted by atomic mass is 9.70. The van der Waals surface area contributed by atoms with E-state index < -0.39 is 0 Å². The molecule has 0 saturated carbocycles. The van der Waals surface area contributed by atoms with Gasteiger partial charge in [0, 0.05) is 13.5 Å². The number of allylic oxidation sites excluding steroid dienone is 1. The van der Waals surface area contributed by atoms with Crippen LogP contribution in [0, 0.1) is 5.92 Å². The normalized spacial score (nSPS) is 29.5. The largest absolute Gasteiger partial charge is 0.373 e. The fourth-order valence-corrected chi connectivity index (χ4v) is 3.02. The lowest BCUT2D eigenvalue weighted by Gasteiger charge is -2.43. The molecule has 0 bridgehead atoms. The zero-order chi connectivity index (χ0) is 12.5. The lowest BCUT2D eigenvalue weighted by Crippen LogP contribution is -2.39. The van der Waals surface area contributed by atoms with Gasteiger partial charge in [0.1, 0.15) is 0 Å². The van der Waals surface area contributed by atoms with Gasteiger partial charge in [-0.25, -0.2) is 0 Å². The Morgan fingerprint density at radius 3 is 2.35 bits per heavy atom. The minimum atomic E-state index is -0.134. The molecule has 0 spiro atoms. The monoisotopic (exact) mass is 230 g/mol. The minimum Gasteiger partial charge on any atom is -0.373 e. The SMILES string of the molecule is COC1(c2ccccc2)CC(C)=C(C)CC1C. The van der Waals surface area contributed by atoms with Gasteiger partial charge in [0.2, 0.25) is 0 Å². The first kappa shape index (κ1) is 12.4. The Balaban J connectivity index is 2.46. The van der Waals surface area contributed by atoms with Crippen molar-refractivity contribution in [1.29, 1.82) is 0 Å². The van der Waals surface area contributed by atoms with Crippen molar-refractivity contribution < 1.29 is 4.74 Å². The zero-order valence-corrected chi connectivity index (χ0v) is 11.3. The molecule has 0 aromatic heterocycles. The molecule has 1 heteroatoms. The van der Waals surface area contributed by atoms with Crippen LogP contribution in [0.3, 0.4) is 0 Å². The Kier molecular flexibility index (Phi) is 3.39. The van der Waals surface area contributed by atoms with Crippen molar-refractivity contribution in [2.45, 2.75) is 39.2 Å². The van der Waals surface area contributed by atoms with Gasteiger partial charge >= 0.3 is 0 Å². The number of rotatable bonds is 2. The summed E-state index contributed by atoms with van der Waals surface area (Å²) in [6, 6.07) is 10.6. The van der Waals surface area contributed by atoms with E-state index in [0.717, 1.165) is 12.8 Å². The van der Waals surface area contributed by atoms with Crippen molar-refractivity contribution in [2.24, 2.45) is 5.92 Å². The number of ether oxygens (including phenoxy) is 1. The highest BCUT2D eigenvalue weighted by atomic mass is 16.5. The van der Waals surface area contributed by atoms with Crippen LogP contribution in [0.15, 0.2) is 41.5 Å². The quantitative estimate of drug-likeness (QED) is 0.688. The van der Waals surface area contributed by atoms with E-state index in [2.05, 4.69) is 51.1 Å². The average molecular weight is 230 g/mol. The zero-order valence-electron chi connectivity index (χ0n) is 11.3. The summed E-state index contributed by atoms with van der Waals surface area (Å²) in [5, 5.41) is 0. The summed E-state index contributed by atoms with van der Waals surface area (Å²) in [6.07, 6.45) is 2.15. The van der Waals surface area contributed by atoms with Crippen LogP contribution < -0.4 is 0 Å². The molecule has 2 unspecified atom stereocenters. The van der Waals surface area contributed by atoms with Crippen molar-refractivity contribution >= 4 is 0 Å². The fraction of sp³-hybridized carbons (Fsp3) is 0.500. The summed E-state index contributed by atoms with van der Waals surface area (Å²) in [6.45, 7) is 6.78. The predicted octanol–water partition coefficient (Wildman–Crippen LogP) is 4.29. The number of hydrogen-bond acceptors (Lipinski definition) is 1. The van der Waals surface area contributed by atoms with Gasteiger partial charge in [0.05, 0.1) is 5.60 Å². The molecule has 1 aliphatic carbocycles. The molecule has 2 atom stereocenters. The van der Waals surface area contributed by atoms with Gasteiger partial charge in [-0.1, -0.05) is 48.4 Å². The number of methoxy groups -OCH3 is 1. The first-order valence-corrected chi connectivity index (χ1v) is 6.36. The molecule has 0 N–H and O–H groups in total. The maximum atomic E-state index is 5.96. The summed E-state index contributed by atoms with van der Waals surface area (Å²) in [5.41, 5.74) is 4.18. The molecule has 0 aliphatic heterocycles. The molecule has 1 nitrogen and oxygen atoms in total. The van der Waals surface area contributed by atoms with Gasteiger partial charge < -0.3 is 4.74 Å². The Hall–Kier alpha value is -1.08. The van der Waals surface area contributed by atoms with Gasteiger partial charge in [0.15, 0.2) is 0 Å². The average Bonchev–Trinajstić information content (AvgIpc) is 2.35. The van der Waals surface area contributed by atoms with Gasteiger partial charge in [-0.2, -0.15) is 0 Å². The topological polar surface area (TPSA) is 9.23 Å². The van der Waals surface area contributed by atoms with Crippen LogP contribution in [0.1, 0.15) is 39.2 Å². The van der Waals surface area contributed by atoms with Gasteiger partial charge in [0.25, 0.3) is 0 Å². The minimum absolute atomic E-state index is 0.134. The predicted molar refractivity (Wildman–Crippen MR) is 71.9 cm³/mol. The Labute approximate surface area is 104 Å². The lowest BCUT2D eigenvalue weighted by molar-refractivity contribution is -0.0640. The standard InChI is InChI=1S/C16H22O/c1-12-10-14(3)16(17-4,11-13(12)2)15-8-6-5-7-9-15/h5-9,14H,10-11H2,1-4H3. The van der Waals surface area contributed by atoms with Crippen LogP contribution in [-0.4, -0.2) is 7.11 Å². The molecule has 1 aliphatic rings. The molecule has 0 fully saturated rings. The van der Waals surface area contributed by atoms with E-state index in [9.17, 15) is 0 Å². The molecule has 0 saturated heterocycles. The van der Waals surface area contributed by atoms with E-state index in [4.69, 9.17) is 4.74 Å². The second kappa shape index (κ2) is 4.66. The summed E-state index contributed by atoms with van der Waals surface area (Å²) in [4.78, 5) is 0. The first-order valence-electron chi connectivity index (χ1n) is 6.36. The van der Waals surface area contributed by atoms with E-state index in [-0.39, 0.29) is 5.60 Å². The maximum absolute atomic E-state index is 5.96. The van der Waals surface area contributed by atoms with Crippen LogP contribution >= 0.6 is 0 Å². The Morgan fingerprint density at radius 2 is 1.76 bits per heavy atom. The Morgan fingerprint density at radius 1 is 1.12 bits per heavy atom. The van der Waals surface area contributed by atoms with Gasteiger partial charge in [-0.05, 0) is 31.7 Å². The molecule has 1 aromatic carbocycles. The number of benzene rings is 1. The van der Waals surface area contributed by atoms with Gasteiger partial charge in [-0.15, -0.1) is 0 Å². The second-order valence-corrected chi connectivity index (χ2v) is 5.30. The van der Waals surface area contributed by atoms with E-state index in [1.165, 1.54) is 16.7 Å². The third-order valence-corrected chi connectivity index (χ3v) is 4.29. The fourth-order valence-electron chi connectivity index (χ4n) is 3.02. The van der Waals surface area contributed by atoms with Crippen molar-refractivity contribution in [3.8, 4) is 0 Å². The third-order valence-electron chi connectivity index (χ3n) is 4.29. The molecule has 0 radical (unpaired) electrons. The maximum Gasteiger partial charge on any atom is 0.0992 e. The van der Waals surface area contributed by atoms with E-state index >= 15 is 0 Å². The van der Waals surface area contributed by atoms with Crippen LogP contribution in [0.4, 0.5) is 0 Å². The van der Waals surface area contributed by atoms with E-state index in [1.54, 1.807) is 0 Å². The highest BCUT2D eigenvalue weighted by Crippen LogP contribution is 2.46. The summed E-state index contributed by atoms with van der Waals surface area (Å²) in [7, 11) is 1.84. The molecule has 92 valence electrons. The second-order valence-electron chi connectivity index (χ2n) is 5.30. The van der Waals surface area contributed by atoms with Crippen LogP contribution in [-0.2, 0) is 10.3 Å². The summed E-state index contributed by atoms with van der Waals surface area (Å²) < 4.78 is 5.96. The van der Waals surface area contributed by atoms with E-state index in [0.29, 0.717) is 5.92 Å². The molecule has 0 amide bonds. The van der Waals surface area contributed by atoms with E-state index in [1.807, 2.05) is 7.11 Å². The van der Waals surface area contributed by atoms with Crippen molar-refractivity contribution in [1.82, 2.24) is 0 Å². The van der Waals surface area contributed by atoms with Crippen molar-refractivity contribution in [3.05, 3.63) is 47.0 Å². The van der Waals surface area contributed by atoms with Crippen LogP contribution in [0.25, 0.3) is 0 Å². The molecule has 17 heavy (non-hydrogen) atoms. The van der Waals surface area contributed by atoms with Crippen molar-refractivity contribution in [3.63, 3.8) is 0 Å². The highest BCUT2D eigenvalue weighted by Gasteiger charge is 2.41. The van der Waals surface area contributed by atoms with Gasteiger partial charge in [-0.3, -0.25) is 0 Å². The highest BCUT2D eigenvalue weighted by molar-refractivity contribution is 5.30. The summed E-state index contributed by atoms with van der Waals surface area (Å²) >= 11 is 0.